The van der Waals surface area contributed by atoms with Gasteiger partial charge in [-0.25, -0.2) is 4.79 Å². The molecule has 0 spiro atoms. The van der Waals surface area contributed by atoms with Crippen LogP contribution in [0.1, 0.15) is 46.1 Å². The van der Waals surface area contributed by atoms with Crippen molar-refractivity contribution in [3.63, 3.8) is 0 Å². The van der Waals surface area contributed by atoms with Gasteiger partial charge in [-0.15, -0.1) is 0 Å². The van der Waals surface area contributed by atoms with Gasteiger partial charge in [-0.3, -0.25) is 9.58 Å². The number of hydrogen-bond donors (Lipinski definition) is 0. The Bertz CT molecular complexity index is 830. The maximum absolute atomic E-state index is 12.8. The zero-order valence-corrected chi connectivity index (χ0v) is 16.2. The molecule has 152 valence electrons. The van der Waals surface area contributed by atoms with Crippen molar-refractivity contribution in [2.24, 2.45) is 13.0 Å². The van der Waals surface area contributed by atoms with Crippen LogP contribution in [0.15, 0.2) is 30.5 Å². The molecule has 2 unspecified atom stereocenters. The number of aryl methyl sites for hydroxylation is 1. The maximum atomic E-state index is 12.8. The van der Waals surface area contributed by atoms with E-state index in [9.17, 15) is 18.0 Å². The molecule has 28 heavy (non-hydrogen) atoms. The van der Waals surface area contributed by atoms with Gasteiger partial charge < -0.3 is 4.74 Å². The number of likely N-dealkylation sites (tertiary alicyclic amines) is 1. The topological polar surface area (TPSA) is 47.4 Å². The van der Waals surface area contributed by atoms with Crippen LogP contribution in [-0.2, 0) is 18.0 Å². The van der Waals surface area contributed by atoms with E-state index in [1.165, 1.54) is 18.3 Å². The summed E-state index contributed by atoms with van der Waals surface area (Å²) in [5.74, 6) is -0.415. The summed E-state index contributed by atoms with van der Waals surface area (Å²) in [6.45, 7) is 2.85. The minimum absolute atomic E-state index is 0.0106. The normalized spacial score (nSPS) is 20.9. The van der Waals surface area contributed by atoms with E-state index in [4.69, 9.17) is 4.74 Å². The molecule has 5 nitrogen and oxygen atoms in total. The SMILES string of the molecule is Cc1c(C(=O)OCC2CCCN(C)C2c2ccc(C(F)(F)F)cc2)cnn1C. The van der Waals surface area contributed by atoms with Crippen LogP contribution in [0.2, 0.25) is 0 Å². The highest BCUT2D eigenvalue weighted by molar-refractivity contribution is 5.90. The summed E-state index contributed by atoms with van der Waals surface area (Å²) in [7, 11) is 3.70. The van der Waals surface area contributed by atoms with Crippen LogP contribution < -0.4 is 0 Å². The lowest BCUT2D eigenvalue weighted by atomic mass is 9.85. The van der Waals surface area contributed by atoms with Crippen molar-refractivity contribution in [1.82, 2.24) is 14.7 Å². The van der Waals surface area contributed by atoms with E-state index in [2.05, 4.69) is 10.00 Å². The Morgan fingerprint density at radius 1 is 1.25 bits per heavy atom. The first kappa shape index (κ1) is 20.4. The molecule has 2 heterocycles. The number of carbonyl (C=O) groups excluding carboxylic acids is 1. The van der Waals surface area contributed by atoms with Crippen molar-refractivity contribution in [3.05, 3.63) is 52.8 Å². The monoisotopic (exact) mass is 395 g/mol. The molecule has 0 radical (unpaired) electrons. The fourth-order valence-electron chi connectivity index (χ4n) is 3.79. The van der Waals surface area contributed by atoms with Gasteiger partial charge in [0.05, 0.1) is 18.4 Å². The van der Waals surface area contributed by atoms with E-state index in [0.717, 1.165) is 42.8 Å². The fraction of sp³-hybridized carbons (Fsp3) is 0.500. The highest BCUT2D eigenvalue weighted by atomic mass is 19.4. The molecule has 1 aliphatic rings. The van der Waals surface area contributed by atoms with E-state index in [-0.39, 0.29) is 18.6 Å². The number of benzene rings is 1. The smallest absolute Gasteiger partial charge is 0.416 e. The first-order valence-corrected chi connectivity index (χ1v) is 9.21. The second kappa shape index (κ2) is 7.95. The Morgan fingerprint density at radius 3 is 2.50 bits per heavy atom. The van der Waals surface area contributed by atoms with Gasteiger partial charge in [0, 0.05) is 24.7 Å². The number of hydrogen-bond acceptors (Lipinski definition) is 4. The molecule has 8 heteroatoms. The molecule has 1 fully saturated rings. The van der Waals surface area contributed by atoms with Crippen LogP contribution in [-0.4, -0.2) is 40.8 Å². The first-order valence-electron chi connectivity index (χ1n) is 9.21. The minimum atomic E-state index is -4.35. The average Bonchev–Trinajstić information content (AvgIpc) is 2.98. The van der Waals surface area contributed by atoms with Crippen molar-refractivity contribution in [1.29, 1.82) is 0 Å². The summed E-state index contributed by atoms with van der Waals surface area (Å²) in [6, 6.07) is 5.17. The van der Waals surface area contributed by atoms with Crippen LogP contribution in [0.5, 0.6) is 0 Å². The molecule has 3 rings (SSSR count). The molecule has 2 atom stereocenters. The summed E-state index contributed by atoms with van der Waals surface area (Å²) < 4.78 is 45.7. The Hall–Kier alpha value is -2.35. The molecule has 0 amide bonds. The van der Waals surface area contributed by atoms with Crippen LogP contribution in [0.4, 0.5) is 13.2 Å². The Kier molecular flexibility index (Phi) is 5.79. The molecule has 0 bridgehead atoms. The van der Waals surface area contributed by atoms with Gasteiger partial charge in [0.2, 0.25) is 0 Å². The van der Waals surface area contributed by atoms with Crippen molar-refractivity contribution < 1.29 is 22.7 Å². The lowest BCUT2D eigenvalue weighted by molar-refractivity contribution is -0.137. The van der Waals surface area contributed by atoms with E-state index >= 15 is 0 Å². The third-order valence-corrected chi connectivity index (χ3v) is 5.47. The number of aromatic nitrogens is 2. The summed E-state index contributed by atoms with van der Waals surface area (Å²) in [5, 5.41) is 4.05. The quantitative estimate of drug-likeness (QED) is 0.735. The largest absolute Gasteiger partial charge is 0.462 e. The van der Waals surface area contributed by atoms with E-state index < -0.39 is 17.7 Å². The summed E-state index contributed by atoms with van der Waals surface area (Å²) in [5.41, 5.74) is 1.29. The Morgan fingerprint density at radius 2 is 1.93 bits per heavy atom. The minimum Gasteiger partial charge on any atom is -0.462 e. The molecular formula is C20H24F3N3O2. The summed E-state index contributed by atoms with van der Waals surface area (Å²) in [4.78, 5) is 14.5. The molecule has 1 aliphatic heterocycles. The van der Waals surface area contributed by atoms with E-state index in [1.54, 1.807) is 18.7 Å². The predicted octanol–water partition coefficient (Wildman–Crippen LogP) is 3.99. The number of nitrogens with zero attached hydrogens (tertiary/aromatic N) is 3. The predicted molar refractivity (Wildman–Crippen MR) is 97.8 cm³/mol. The second-order valence-electron chi connectivity index (χ2n) is 7.31. The number of esters is 1. The lowest BCUT2D eigenvalue weighted by Gasteiger charge is -2.39. The highest BCUT2D eigenvalue weighted by Crippen LogP contribution is 2.37. The molecule has 0 N–H and O–H groups in total. The van der Waals surface area contributed by atoms with Gasteiger partial charge in [-0.1, -0.05) is 12.1 Å². The van der Waals surface area contributed by atoms with Crippen LogP contribution in [0, 0.1) is 12.8 Å². The third kappa shape index (κ3) is 4.22. The van der Waals surface area contributed by atoms with E-state index in [1.807, 2.05) is 7.05 Å². The lowest BCUT2D eigenvalue weighted by Crippen LogP contribution is -2.38. The number of alkyl halides is 3. The molecule has 1 aromatic heterocycles. The van der Waals surface area contributed by atoms with Crippen molar-refractivity contribution in [2.45, 2.75) is 32.0 Å². The number of piperidine rings is 1. The molecule has 0 saturated carbocycles. The van der Waals surface area contributed by atoms with Crippen LogP contribution >= 0.6 is 0 Å². The zero-order chi connectivity index (χ0) is 20.5. The molecule has 1 aromatic carbocycles. The second-order valence-corrected chi connectivity index (χ2v) is 7.31. The van der Waals surface area contributed by atoms with Gasteiger partial charge in [0.15, 0.2) is 0 Å². The van der Waals surface area contributed by atoms with Gasteiger partial charge in [-0.2, -0.15) is 18.3 Å². The number of ether oxygens (including phenoxy) is 1. The Labute approximate surface area is 162 Å². The first-order chi connectivity index (χ1) is 13.2. The number of rotatable bonds is 4. The van der Waals surface area contributed by atoms with Crippen molar-refractivity contribution >= 4 is 5.97 Å². The molecule has 0 aliphatic carbocycles. The average molecular weight is 395 g/mol. The molecular weight excluding hydrogens is 371 g/mol. The highest BCUT2D eigenvalue weighted by Gasteiger charge is 2.34. The Balaban J connectivity index is 1.73. The molecule has 2 aromatic rings. The number of halogens is 3. The standard InChI is InChI=1S/C20H24F3N3O2/c1-13-17(11-24-26(13)3)19(27)28-12-15-5-4-10-25(2)18(15)14-6-8-16(9-7-14)20(21,22)23/h6-9,11,15,18H,4-5,10,12H2,1-3H3. The van der Waals surface area contributed by atoms with Crippen molar-refractivity contribution in [2.75, 3.05) is 20.2 Å². The van der Waals surface area contributed by atoms with E-state index in [0.29, 0.717) is 5.56 Å². The summed E-state index contributed by atoms with van der Waals surface area (Å²) >= 11 is 0. The van der Waals surface area contributed by atoms with Crippen molar-refractivity contribution in [3.8, 4) is 0 Å². The van der Waals surface area contributed by atoms with Gasteiger partial charge in [0.25, 0.3) is 0 Å². The van der Waals surface area contributed by atoms with Gasteiger partial charge in [0.1, 0.15) is 5.56 Å². The van der Waals surface area contributed by atoms with Crippen LogP contribution in [0.3, 0.4) is 0 Å². The fourth-order valence-corrected chi connectivity index (χ4v) is 3.79. The zero-order valence-electron chi connectivity index (χ0n) is 16.2. The maximum Gasteiger partial charge on any atom is 0.416 e. The molecule has 1 saturated heterocycles. The summed E-state index contributed by atoms with van der Waals surface area (Å²) in [6.07, 6.45) is -1.08. The number of carbonyl (C=O) groups is 1. The third-order valence-electron chi connectivity index (χ3n) is 5.47. The van der Waals surface area contributed by atoms with Gasteiger partial charge >= 0.3 is 12.1 Å². The van der Waals surface area contributed by atoms with Gasteiger partial charge in [-0.05, 0) is 51.1 Å². The van der Waals surface area contributed by atoms with Crippen LogP contribution in [0.25, 0.3) is 0 Å².